The summed E-state index contributed by atoms with van der Waals surface area (Å²) >= 11 is 0. The first-order valence-electron chi connectivity index (χ1n) is 8.80. The number of hydrogen-bond donors (Lipinski definition) is 0. The minimum atomic E-state index is -0.329. The van der Waals surface area contributed by atoms with E-state index in [1.54, 1.807) is 0 Å². The van der Waals surface area contributed by atoms with Gasteiger partial charge in [0.15, 0.2) is 0 Å². The molecule has 0 bridgehead atoms. The zero-order valence-corrected chi connectivity index (χ0v) is 11.5. The molecule has 2 aromatic rings. The first kappa shape index (κ1) is 8.53. The molecule has 0 heteroatoms. The molecule has 2 aromatic carbocycles. The smallest absolute Gasteiger partial charge is 0.0622 e. The van der Waals surface area contributed by atoms with Gasteiger partial charge in [0.05, 0.1) is 6.85 Å². The van der Waals surface area contributed by atoms with Crippen LogP contribution < -0.4 is 0 Å². The van der Waals surface area contributed by atoms with Gasteiger partial charge in [0, 0.05) is 0 Å². The molecule has 0 saturated carbocycles. The van der Waals surface area contributed by atoms with Crippen LogP contribution in [0.25, 0.3) is 0 Å². The summed E-state index contributed by atoms with van der Waals surface area (Å²) in [5.41, 5.74) is 1.80. The van der Waals surface area contributed by atoms with E-state index in [4.69, 9.17) is 6.85 Å². The van der Waals surface area contributed by atoms with Gasteiger partial charge in [-0.05, 0) is 23.0 Å². The van der Waals surface area contributed by atoms with Crippen LogP contribution in [-0.4, -0.2) is 0 Å². The average Bonchev–Trinajstić information content (AvgIpc) is 2.52. The Kier molecular flexibility index (Phi) is 3.65. The highest BCUT2D eigenvalue weighted by Gasteiger charge is 1.94. The molecular weight excluding hydrogens is 216 g/mol. The molecule has 0 atom stereocenters. The second kappa shape index (κ2) is 7.71. The molecule has 0 radical (unpaired) electrons. The van der Waals surface area contributed by atoms with Crippen molar-refractivity contribution in [3.63, 3.8) is 0 Å². The van der Waals surface area contributed by atoms with Gasteiger partial charge in [-0.1, -0.05) is 88.2 Å². The van der Waals surface area contributed by atoms with E-state index in [9.17, 15) is 0 Å². The molecule has 0 amide bonds. The lowest BCUT2D eigenvalue weighted by Gasteiger charge is -2.01. The fraction of sp³-hybridized carbons (Fsp3) is 0.333. The lowest BCUT2D eigenvalue weighted by molar-refractivity contribution is 0.867. The highest BCUT2D eigenvalue weighted by molar-refractivity contribution is 5.18. The Morgan fingerprint density at radius 3 is 1.61 bits per heavy atom. The Labute approximate surface area is 119 Å². The highest BCUT2D eigenvalue weighted by atomic mass is 14.0. The topological polar surface area (TPSA) is 0 Å². The van der Waals surface area contributed by atoms with Crippen LogP contribution in [0.4, 0.5) is 0 Å². The number of rotatable bonds is 2. The van der Waals surface area contributed by atoms with Crippen LogP contribution in [0.3, 0.4) is 0 Å². The summed E-state index contributed by atoms with van der Waals surface area (Å²) in [5.74, 6) is 0.593. The van der Waals surface area contributed by atoms with E-state index in [2.05, 4.69) is 38.1 Å². The second-order valence-corrected chi connectivity index (χ2v) is 4.76. The Bertz CT molecular complexity index is 619. The normalized spacial score (nSPS) is 14.0. The fourth-order valence-corrected chi connectivity index (χ4v) is 1.39. The van der Waals surface area contributed by atoms with Crippen molar-refractivity contribution in [1.29, 1.82) is 0 Å². The second-order valence-electron chi connectivity index (χ2n) is 4.76. The van der Waals surface area contributed by atoms with Gasteiger partial charge in [-0.2, -0.15) is 0 Å². The van der Waals surface area contributed by atoms with Crippen molar-refractivity contribution < 1.29 is 6.85 Å². The third-order valence-corrected chi connectivity index (χ3v) is 2.56. The highest BCUT2D eigenvalue weighted by Crippen LogP contribution is 2.12. The molecule has 18 heavy (non-hydrogen) atoms. The molecular formula is C18H24. The molecule has 0 aliphatic carbocycles. The van der Waals surface area contributed by atoms with Crippen LogP contribution in [0.15, 0.2) is 60.5 Å². The average molecular weight is 245 g/mol. The third kappa shape index (κ3) is 5.18. The predicted octanol–water partition coefficient (Wildman–Crippen LogP) is 5.62. The van der Waals surface area contributed by atoms with Crippen LogP contribution >= 0.6 is 0 Å². The minimum Gasteiger partial charge on any atom is -0.0622 e. The molecule has 0 fully saturated rings. The molecule has 0 heterocycles. The van der Waals surface area contributed by atoms with Gasteiger partial charge in [-0.25, -0.2) is 0 Å². The maximum Gasteiger partial charge on any atom is 0.0626 e. The van der Waals surface area contributed by atoms with E-state index in [0.29, 0.717) is 11.5 Å². The molecule has 0 aromatic heterocycles. The molecule has 0 aliphatic rings. The Balaban J connectivity index is 0.000000253. The molecule has 0 nitrogen and oxygen atoms in total. The Morgan fingerprint density at radius 2 is 1.22 bits per heavy atom. The van der Waals surface area contributed by atoms with Crippen LogP contribution in [0, 0.1) is 0 Å². The first-order valence-corrected chi connectivity index (χ1v) is 6.30. The van der Waals surface area contributed by atoms with Crippen LogP contribution in [0.1, 0.15) is 57.5 Å². The van der Waals surface area contributed by atoms with Gasteiger partial charge in [0.2, 0.25) is 0 Å². The lowest BCUT2D eigenvalue weighted by Crippen LogP contribution is -1.83. The standard InChI is InChI=1S/2C9H12/c2*1-8(2)9-6-4-3-5-7-9/h2*3-8H,1-2H3/i3D,4D,5D,6D,7D;. The van der Waals surface area contributed by atoms with E-state index in [0.717, 1.165) is 0 Å². The van der Waals surface area contributed by atoms with Gasteiger partial charge < -0.3 is 0 Å². The van der Waals surface area contributed by atoms with Crippen molar-refractivity contribution in [2.24, 2.45) is 0 Å². The fourth-order valence-electron chi connectivity index (χ4n) is 1.39. The minimum absolute atomic E-state index is 0.0659. The maximum atomic E-state index is 7.59. The van der Waals surface area contributed by atoms with Crippen molar-refractivity contribution >= 4 is 0 Å². The van der Waals surface area contributed by atoms with E-state index in [1.165, 1.54) is 5.56 Å². The summed E-state index contributed by atoms with van der Waals surface area (Å²) in [5, 5.41) is 0. The summed E-state index contributed by atoms with van der Waals surface area (Å²) in [6.45, 7) is 8.03. The Morgan fingerprint density at radius 1 is 0.722 bits per heavy atom. The molecule has 0 N–H and O–H groups in total. The molecule has 96 valence electrons. The monoisotopic (exact) mass is 245 g/mol. The lowest BCUT2D eigenvalue weighted by atomic mass is 10.0. The number of hydrogen-bond acceptors (Lipinski definition) is 0. The summed E-state index contributed by atoms with van der Waals surface area (Å²) in [6.07, 6.45) is 0. The largest absolute Gasteiger partial charge is 0.0626 e. The molecule has 0 aliphatic heterocycles. The van der Waals surface area contributed by atoms with E-state index in [-0.39, 0.29) is 36.1 Å². The van der Waals surface area contributed by atoms with Gasteiger partial charge in [-0.15, -0.1) is 0 Å². The van der Waals surface area contributed by atoms with E-state index in [1.807, 2.05) is 19.9 Å². The number of benzene rings is 2. The summed E-state index contributed by atoms with van der Waals surface area (Å²) in [6, 6.07) is 9.50. The Hall–Kier alpha value is -1.56. The molecule has 0 unspecified atom stereocenters. The van der Waals surface area contributed by atoms with Gasteiger partial charge in [0.25, 0.3) is 0 Å². The van der Waals surface area contributed by atoms with Crippen molar-refractivity contribution in [3.8, 4) is 0 Å². The third-order valence-electron chi connectivity index (χ3n) is 2.56. The predicted molar refractivity (Wildman–Crippen MR) is 81.1 cm³/mol. The zero-order valence-electron chi connectivity index (χ0n) is 16.5. The van der Waals surface area contributed by atoms with Gasteiger partial charge >= 0.3 is 0 Å². The van der Waals surface area contributed by atoms with Crippen LogP contribution in [0.2, 0.25) is 0 Å². The van der Waals surface area contributed by atoms with E-state index < -0.39 is 0 Å². The van der Waals surface area contributed by atoms with E-state index >= 15 is 0 Å². The maximum absolute atomic E-state index is 7.59. The molecule has 0 saturated heterocycles. The van der Waals surface area contributed by atoms with Crippen LogP contribution in [-0.2, 0) is 0 Å². The summed E-state index contributed by atoms with van der Waals surface area (Å²) in [4.78, 5) is 0. The zero-order chi connectivity index (χ0) is 17.7. The van der Waals surface area contributed by atoms with Crippen LogP contribution in [0.5, 0.6) is 0 Å². The SMILES string of the molecule is CC(C)c1ccccc1.[2H]c1c([2H])c([2H])c(C(C)C)c([2H])c1[2H]. The van der Waals surface area contributed by atoms with Crippen molar-refractivity contribution in [3.05, 3.63) is 71.7 Å². The molecule has 0 spiro atoms. The summed E-state index contributed by atoms with van der Waals surface area (Å²) < 4.78 is 37.4. The van der Waals surface area contributed by atoms with Gasteiger partial charge in [-0.3, -0.25) is 0 Å². The first-order chi connectivity index (χ1) is 10.7. The summed E-state index contributed by atoms with van der Waals surface area (Å²) in [7, 11) is 0. The quantitative estimate of drug-likeness (QED) is 0.644. The van der Waals surface area contributed by atoms with Crippen molar-refractivity contribution in [2.45, 2.75) is 39.5 Å². The van der Waals surface area contributed by atoms with Gasteiger partial charge in [0.1, 0.15) is 0 Å². The van der Waals surface area contributed by atoms with Crippen molar-refractivity contribution in [1.82, 2.24) is 0 Å². The molecule has 2 rings (SSSR count). The van der Waals surface area contributed by atoms with Crippen molar-refractivity contribution in [2.75, 3.05) is 0 Å².